The Morgan fingerprint density at radius 1 is 1.40 bits per heavy atom. The van der Waals surface area contributed by atoms with Crippen molar-refractivity contribution in [3.8, 4) is 5.75 Å². The highest BCUT2D eigenvalue weighted by Crippen LogP contribution is 2.31. The van der Waals surface area contributed by atoms with Gasteiger partial charge in [0, 0.05) is 10.9 Å². The molecule has 0 saturated heterocycles. The molecule has 0 aliphatic carbocycles. The minimum Gasteiger partial charge on any atom is -0.492 e. The summed E-state index contributed by atoms with van der Waals surface area (Å²) >= 11 is 3.21. The van der Waals surface area contributed by atoms with Crippen LogP contribution in [0.4, 0.5) is 0 Å². The van der Waals surface area contributed by atoms with Gasteiger partial charge in [-0.15, -0.1) is 0 Å². The van der Waals surface area contributed by atoms with Gasteiger partial charge in [-0.2, -0.15) is 0 Å². The summed E-state index contributed by atoms with van der Waals surface area (Å²) in [6.45, 7) is 1.95. The topological polar surface area (TPSA) is 107 Å². The third kappa shape index (κ3) is 5.10. The van der Waals surface area contributed by atoms with Crippen LogP contribution in [0.15, 0.2) is 21.5 Å². The van der Waals surface area contributed by atoms with Gasteiger partial charge in [-0.25, -0.2) is 13.6 Å². The molecule has 0 unspecified atom stereocenters. The molecule has 112 valence electrons. The van der Waals surface area contributed by atoms with E-state index in [9.17, 15) is 13.2 Å². The number of aryl methyl sites for hydroxylation is 1. The van der Waals surface area contributed by atoms with Crippen LogP contribution in [0, 0.1) is 6.92 Å². The number of halogens is 1. The minimum atomic E-state index is -3.88. The number of hydrogen-bond donors (Lipinski definition) is 2. The van der Waals surface area contributed by atoms with Crippen molar-refractivity contribution in [2.24, 2.45) is 5.14 Å². The fourth-order valence-corrected chi connectivity index (χ4v) is 3.14. The maximum absolute atomic E-state index is 11.5. The summed E-state index contributed by atoms with van der Waals surface area (Å²) in [5.74, 6) is -0.652. The summed E-state index contributed by atoms with van der Waals surface area (Å²) in [7, 11) is -3.88. The number of hydrogen-bond acceptors (Lipinski definition) is 4. The smallest absolute Gasteiger partial charge is 0.303 e. The molecule has 6 nitrogen and oxygen atoms in total. The largest absolute Gasteiger partial charge is 0.492 e. The molecule has 1 aromatic carbocycles. The van der Waals surface area contributed by atoms with E-state index in [1.54, 1.807) is 13.0 Å². The highest BCUT2D eigenvalue weighted by molar-refractivity contribution is 9.10. The second-order valence-electron chi connectivity index (χ2n) is 4.29. The molecule has 0 aliphatic heterocycles. The van der Waals surface area contributed by atoms with Crippen LogP contribution in [0.2, 0.25) is 0 Å². The maximum atomic E-state index is 11.5. The van der Waals surface area contributed by atoms with Gasteiger partial charge in [0.1, 0.15) is 10.6 Å². The zero-order valence-electron chi connectivity index (χ0n) is 10.9. The predicted octanol–water partition coefficient (Wildman–Crippen LogP) is 2.04. The highest BCUT2D eigenvalue weighted by atomic mass is 79.9. The number of unbranched alkanes of at least 4 members (excludes halogenated alkanes) is 1. The van der Waals surface area contributed by atoms with Crippen molar-refractivity contribution in [1.29, 1.82) is 0 Å². The Morgan fingerprint density at radius 2 is 2.05 bits per heavy atom. The third-order valence-corrected chi connectivity index (χ3v) is 3.92. The van der Waals surface area contributed by atoms with E-state index < -0.39 is 16.0 Å². The lowest BCUT2D eigenvalue weighted by Gasteiger charge is -2.13. The Hall–Kier alpha value is -1.12. The molecule has 1 rings (SSSR count). The first-order valence-electron chi connectivity index (χ1n) is 5.89. The first-order valence-corrected chi connectivity index (χ1v) is 8.23. The van der Waals surface area contributed by atoms with E-state index in [1.165, 1.54) is 6.07 Å². The number of aliphatic carboxylic acids is 1. The first kappa shape index (κ1) is 16.9. The number of nitrogens with two attached hydrogens (primary N) is 1. The molecule has 20 heavy (non-hydrogen) atoms. The molecule has 0 saturated carbocycles. The van der Waals surface area contributed by atoms with Gasteiger partial charge in [0.2, 0.25) is 10.0 Å². The van der Waals surface area contributed by atoms with Crippen LogP contribution in [-0.2, 0) is 14.8 Å². The van der Waals surface area contributed by atoms with E-state index in [2.05, 4.69) is 15.9 Å². The molecule has 0 bridgehead atoms. The van der Waals surface area contributed by atoms with E-state index in [1.807, 2.05) is 0 Å². The molecular weight excluding hydrogens is 350 g/mol. The van der Waals surface area contributed by atoms with Gasteiger partial charge < -0.3 is 9.84 Å². The van der Waals surface area contributed by atoms with Crippen LogP contribution >= 0.6 is 15.9 Å². The fraction of sp³-hybridized carbons (Fsp3) is 0.417. The van der Waals surface area contributed by atoms with Gasteiger partial charge in [-0.05, 0) is 37.5 Å². The number of primary sulfonamides is 1. The normalized spacial score (nSPS) is 11.3. The molecular formula is C12H16BrNO5S. The van der Waals surface area contributed by atoms with Crippen molar-refractivity contribution in [3.05, 3.63) is 22.2 Å². The van der Waals surface area contributed by atoms with Crippen LogP contribution in [0.3, 0.4) is 0 Å². The monoisotopic (exact) mass is 365 g/mol. The standard InChI is InChI=1S/C12H16BrNO5S/c1-8-6-9(13)7-10(20(14,17)18)12(8)19-5-3-2-4-11(15)16/h6-7H,2-5H2,1H3,(H,15,16)(H2,14,17,18). The quantitative estimate of drug-likeness (QED) is 0.718. The van der Waals surface area contributed by atoms with Crippen LogP contribution in [0.25, 0.3) is 0 Å². The summed E-state index contributed by atoms with van der Waals surface area (Å²) in [5.41, 5.74) is 0.640. The summed E-state index contributed by atoms with van der Waals surface area (Å²) in [6, 6.07) is 3.11. The number of ether oxygens (including phenoxy) is 1. The van der Waals surface area contributed by atoms with Crippen molar-refractivity contribution in [1.82, 2.24) is 0 Å². The minimum absolute atomic E-state index is 0.0602. The zero-order chi connectivity index (χ0) is 15.3. The van der Waals surface area contributed by atoms with Gasteiger partial charge in [0.15, 0.2) is 0 Å². The van der Waals surface area contributed by atoms with Gasteiger partial charge in [-0.1, -0.05) is 15.9 Å². The fourth-order valence-electron chi connectivity index (χ4n) is 1.65. The number of carboxylic acids is 1. The lowest BCUT2D eigenvalue weighted by atomic mass is 10.2. The van der Waals surface area contributed by atoms with Crippen molar-refractivity contribution in [2.75, 3.05) is 6.61 Å². The summed E-state index contributed by atoms with van der Waals surface area (Å²) < 4.78 is 29.1. The molecule has 0 aromatic heterocycles. The molecule has 0 radical (unpaired) electrons. The van der Waals surface area contributed by atoms with Crippen LogP contribution < -0.4 is 9.88 Å². The molecule has 0 aliphatic rings. The highest BCUT2D eigenvalue weighted by Gasteiger charge is 2.18. The average Bonchev–Trinajstić information content (AvgIpc) is 2.28. The molecule has 1 aromatic rings. The third-order valence-electron chi connectivity index (χ3n) is 2.54. The number of sulfonamides is 1. The van der Waals surface area contributed by atoms with Crippen LogP contribution in [0.1, 0.15) is 24.8 Å². The molecule has 8 heteroatoms. The molecule has 0 fully saturated rings. The van der Waals surface area contributed by atoms with Crippen LogP contribution in [0.5, 0.6) is 5.75 Å². The van der Waals surface area contributed by atoms with Crippen molar-refractivity contribution in [2.45, 2.75) is 31.1 Å². The van der Waals surface area contributed by atoms with Crippen LogP contribution in [-0.4, -0.2) is 26.1 Å². The first-order chi connectivity index (χ1) is 9.21. The zero-order valence-corrected chi connectivity index (χ0v) is 13.3. The van der Waals surface area contributed by atoms with E-state index in [0.29, 0.717) is 22.9 Å². The van der Waals surface area contributed by atoms with E-state index in [-0.39, 0.29) is 23.7 Å². The lowest BCUT2D eigenvalue weighted by molar-refractivity contribution is -0.137. The Labute approximate surface area is 126 Å². The maximum Gasteiger partial charge on any atom is 0.303 e. The molecule has 3 N–H and O–H groups in total. The van der Waals surface area contributed by atoms with E-state index in [4.69, 9.17) is 15.0 Å². The van der Waals surface area contributed by atoms with Gasteiger partial charge in [0.25, 0.3) is 0 Å². The number of carboxylic acid groups (broad SMARTS) is 1. The number of carbonyl (C=O) groups is 1. The Bertz CT molecular complexity index is 600. The van der Waals surface area contributed by atoms with Gasteiger partial charge >= 0.3 is 5.97 Å². The average molecular weight is 366 g/mol. The summed E-state index contributed by atoms with van der Waals surface area (Å²) in [5, 5.41) is 13.7. The molecule has 0 amide bonds. The van der Waals surface area contributed by atoms with Crippen molar-refractivity contribution in [3.63, 3.8) is 0 Å². The SMILES string of the molecule is Cc1cc(Br)cc(S(N)(=O)=O)c1OCCCCC(=O)O. The Morgan fingerprint density at radius 3 is 2.60 bits per heavy atom. The summed E-state index contributed by atoms with van der Waals surface area (Å²) in [6.07, 6.45) is 1.05. The Kier molecular flexibility index (Phi) is 5.97. The lowest BCUT2D eigenvalue weighted by Crippen LogP contribution is -2.15. The second kappa shape index (κ2) is 7.05. The summed E-state index contributed by atoms with van der Waals surface area (Å²) in [4.78, 5) is 10.3. The predicted molar refractivity (Wildman–Crippen MR) is 77.2 cm³/mol. The number of benzene rings is 1. The van der Waals surface area contributed by atoms with Gasteiger partial charge in [0.05, 0.1) is 6.61 Å². The Balaban J connectivity index is 2.81. The van der Waals surface area contributed by atoms with Crippen molar-refractivity contribution >= 4 is 31.9 Å². The molecule has 0 heterocycles. The van der Waals surface area contributed by atoms with Gasteiger partial charge in [-0.3, -0.25) is 4.79 Å². The van der Waals surface area contributed by atoms with E-state index >= 15 is 0 Å². The second-order valence-corrected chi connectivity index (χ2v) is 6.74. The molecule has 0 spiro atoms. The molecule has 0 atom stereocenters. The number of rotatable bonds is 7. The van der Waals surface area contributed by atoms with Crippen molar-refractivity contribution < 1.29 is 23.1 Å². The van der Waals surface area contributed by atoms with E-state index in [0.717, 1.165) is 0 Å².